The summed E-state index contributed by atoms with van der Waals surface area (Å²) >= 11 is 0. The van der Waals surface area contributed by atoms with Crippen LogP contribution in [0.4, 0.5) is 0 Å². The summed E-state index contributed by atoms with van der Waals surface area (Å²) in [5.74, 6) is 4.24. The van der Waals surface area contributed by atoms with Gasteiger partial charge in [-0.15, -0.1) is 0 Å². The van der Waals surface area contributed by atoms with E-state index in [1.54, 1.807) is 32.1 Å². The minimum atomic E-state index is 0.653. The van der Waals surface area contributed by atoms with E-state index in [0.29, 0.717) is 5.41 Å². The fraction of sp³-hybridized carbons (Fsp3) is 1.00. The van der Waals surface area contributed by atoms with Crippen LogP contribution in [0.3, 0.4) is 0 Å². The number of nitrogens with zero attached hydrogens (tertiary/aromatic N) is 1. The van der Waals surface area contributed by atoms with Crippen LogP contribution in [0, 0.1) is 34.5 Å². The van der Waals surface area contributed by atoms with Crippen molar-refractivity contribution in [1.29, 1.82) is 0 Å². The van der Waals surface area contributed by atoms with Gasteiger partial charge in [0.2, 0.25) is 0 Å². The second kappa shape index (κ2) is 6.23. The smallest absolute Gasteiger partial charge is 0.0110 e. The Kier molecular flexibility index (Phi) is 4.25. The van der Waals surface area contributed by atoms with Gasteiger partial charge >= 0.3 is 0 Å². The molecule has 4 saturated carbocycles. The first kappa shape index (κ1) is 17.0. The molecule has 0 bridgehead atoms. The molecule has 1 N–H and O–H groups in total. The van der Waals surface area contributed by atoms with E-state index in [-0.39, 0.29) is 0 Å². The Morgan fingerprint density at radius 2 is 1.64 bits per heavy atom. The van der Waals surface area contributed by atoms with Gasteiger partial charge in [0.25, 0.3) is 0 Å². The minimum Gasteiger partial charge on any atom is -0.314 e. The van der Waals surface area contributed by atoms with Crippen molar-refractivity contribution < 1.29 is 0 Å². The van der Waals surface area contributed by atoms with Crippen molar-refractivity contribution in [2.24, 2.45) is 34.5 Å². The number of fused-ring (bicyclic) bond motifs is 5. The summed E-state index contributed by atoms with van der Waals surface area (Å²) in [6.45, 7) is 10.4. The highest BCUT2D eigenvalue weighted by molar-refractivity contribution is 5.08. The van der Waals surface area contributed by atoms with Gasteiger partial charge in [-0.2, -0.15) is 0 Å². The van der Waals surface area contributed by atoms with E-state index in [9.17, 15) is 0 Å². The van der Waals surface area contributed by atoms with Crippen LogP contribution in [0.2, 0.25) is 0 Å². The Labute approximate surface area is 155 Å². The molecule has 1 saturated heterocycles. The first-order valence-corrected chi connectivity index (χ1v) is 11.5. The first-order chi connectivity index (χ1) is 12.1. The highest BCUT2D eigenvalue weighted by atomic mass is 15.2. The first-order valence-electron chi connectivity index (χ1n) is 11.5. The van der Waals surface area contributed by atoms with E-state index in [0.717, 1.165) is 35.1 Å². The zero-order valence-corrected chi connectivity index (χ0v) is 16.7. The lowest BCUT2D eigenvalue weighted by Crippen LogP contribution is -2.57. The predicted octanol–water partition coefficient (Wildman–Crippen LogP) is 4.69. The van der Waals surface area contributed by atoms with E-state index in [2.05, 4.69) is 24.1 Å². The van der Waals surface area contributed by atoms with E-state index in [4.69, 9.17) is 0 Å². The molecule has 25 heavy (non-hydrogen) atoms. The van der Waals surface area contributed by atoms with Crippen molar-refractivity contribution in [3.63, 3.8) is 0 Å². The second-order valence-corrected chi connectivity index (χ2v) is 11.0. The van der Waals surface area contributed by atoms with Crippen LogP contribution in [-0.2, 0) is 0 Å². The summed E-state index contributed by atoms with van der Waals surface area (Å²) in [5, 5.41) is 3.55. The van der Waals surface area contributed by atoms with Crippen LogP contribution < -0.4 is 5.32 Å². The third-order valence-corrected chi connectivity index (χ3v) is 10.0. The lowest BCUT2D eigenvalue weighted by Gasteiger charge is -2.61. The number of rotatable bonds is 1. The van der Waals surface area contributed by atoms with E-state index < -0.39 is 0 Å². The summed E-state index contributed by atoms with van der Waals surface area (Å²) in [4.78, 5) is 2.85. The molecule has 4 aliphatic carbocycles. The number of hydrogen-bond donors (Lipinski definition) is 1. The van der Waals surface area contributed by atoms with Gasteiger partial charge in [-0.3, -0.25) is 4.90 Å². The van der Waals surface area contributed by atoms with Crippen molar-refractivity contribution in [3.05, 3.63) is 0 Å². The summed E-state index contributed by atoms with van der Waals surface area (Å²) in [7, 11) is 0. The van der Waals surface area contributed by atoms with Crippen molar-refractivity contribution in [2.45, 2.75) is 84.1 Å². The quantitative estimate of drug-likeness (QED) is 0.742. The van der Waals surface area contributed by atoms with Gasteiger partial charge in [-0.05, 0) is 92.3 Å². The highest BCUT2D eigenvalue weighted by Gasteiger charge is 2.58. The van der Waals surface area contributed by atoms with Crippen molar-refractivity contribution >= 4 is 0 Å². The monoisotopic (exact) mass is 344 g/mol. The number of piperazine rings is 1. The normalized spacial score (nSPS) is 53.8. The third kappa shape index (κ3) is 2.64. The molecule has 5 fully saturated rings. The second-order valence-electron chi connectivity index (χ2n) is 11.0. The molecule has 0 spiro atoms. The van der Waals surface area contributed by atoms with Gasteiger partial charge < -0.3 is 5.32 Å². The van der Waals surface area contributed by atoms with Crippen LogP contribution in [0.1, 0.15) is 78.1 Å². The molecule has 142 valence electrons. The SMILES string of the molecule is C[C@@]12CCC[C@H]1[C@@H]1CCC3CC[C@@H](N4CCNCC4)C[C@]3(C)[C@H]1CC2. The highest BCUT2D eigenvalue weighted by Crippen LogP contribution is 2.66. The average Bonchev–Trinajstić information content (AvgIpc) is 3.03. The van der Waals surface area contributed by atoms with Gasteiger partial charge in [0.15, 0.2) is 0 Å². The van der Waals surface area contributed by atoms with Gasteiger partial charge in [0.1, 0.15) is 0 Å². The molecule has 2 heteroatoms. The zero-order valence-electron chi connectivity index (χ0n) is 16.7. The Bertz CT molecular complexity index is 498. The molecule has 1 aliphatic heterocycles. The molecule has 0 aromatic carbocycles. The molecule has 5 aliphatic rings. The molecular formula is C23H40N2. The molecule has 7 atom stereocenters. The summed E-state index contributed by atoms with van der Waals surface area (Å²) in [6, 6.07) is 0.888. The minimum absolute atomic E-state index is 0.653. The fourth-order valence-electron chi connectivity index (χ4n) is 8.68. The van der Waals surface area contributed by atoms with Crippen LogP contribution in [0.5, 0.6) is 0 Å². The van der Waals surface area contributed by atoms with E-state index in [1.165, 1.54) is 58.3 Å². The average molecular weight is 345 g/mol. The lowest BCUT2D eigenvalue weighted by atomic mass is 9.45. The molecule has 1 heterocycles. The maximum Gasteiger partial charge on any atom is 0.0110 e. The van der Waals surface area contributed by atoms with Crippen molar-refractivity contribution in [3.8, 4) is 0 Å². The standard InChI is InChI=1S/C23H40N2/c1-22-10-3-4-20(22)19-8-6-17-5-7-18(25-14-12-24-13-15-25)16-23(17,2)21(19)9-11-22/h17-21,24H,3-16H2,1-2H3/t17?,18-,19+,20+,21+,22+,23+/m1/s1. The van der Waals surface area contributed by atoms with E-state index >= 15 is 0 Å². The van der Waals surface area contributed by atoms with Crippen molar-refractivity contribution in [2.75, 3.05) is 26.2 Å². The van der Waals surface area contributed by atoms with Gasteiger partial charge in [0.05, 0.1) is 0 Å². The van der Waals surface area contributed by atoms with Crippen LogP contribution in [0.25, 0.3) is 0 Å². The van der Waals surface area contributed by atoms with Crippen LogP contribution in [-0.4, -0.2) is 37.1 Å². The third-order valence-electron chi connectivity index (χ3n) is 10.0. The maximum absolute atomic E-state index is 3.55. The lowest BCUT2D eigenvalue weighted by molar-refractivity contribution is -0.118. The van der Waals surface area contributed by atoms with Crippen LogP contribution in [0.15, 0.2) is 0 Å². The Morgan fingerprint density at radius 1 is 0.840 bits per heavy atom. The summed E-state index contributed by atoms with van der Waals surface area (Å²) in [5.41, 5.74) is 1.37. The van der Waals surface area contributed by atoms with Crippen LogP contribution >= 0.6 is 0 Å². The van der Waals surface area contributed by atoms with Crippen molar-refractivity contribution in [1.82, 2.24) is 10.2 Å². The summed E-state index contributed by atoms with van der Waals surface area (Å²) in [6.07, 6.45) is 15.4. The maximum atomic E-state index is 3.55. The Morgan fingerprint density at radius 3 is 2.48 bits per heavy atom. The fourth-order valence-corrected chi connectivity index (χ4v) is 8.68. The van der Waals surface area contributed by atoms with Gasteiger partial charge in [-0.25, -0.2) is 0 Å². The predicted molar refractivity (Wildman–Crippen MR) is 105 cm³/mol. The molecule has 1 unspecified atom stereocenters. The topological polar surface area (TPSA) is 15.3 Å². The molecule has 5 rings (SSSR count). The summed E-state index contributed by atoms with van der Waals surface area (Å²) < 4.78 is 0. The van der Waals surface area contributed by atoms with Gasteiger partial charge in [-0.1, -0.05) is 20.3 Å². The largest absolute Gasteiger partial charge is 0.314 e. The molecule has 0 aromatic rings. The molecule has 0 radical (unpaired) electrons. The van der Waals surface area contributed by atoms with E-state index in [1.807, 2.05) is 0 Å². The number of hydrogen-bond acceptors (Lipinski definition) is 2. The zero-order chi connectivity index (χ0) is 17.1. The molecule has 0 amide bonds. The Hall–Kier alpha value is -0.0800. The molecular weight excluding hydrogens is 304 g/mol. The Balaban J connectivity index is 1.38. The molecule has 2 nitrogen and oxygen atoms in total. The molecule has 0 aromatic heterocycles. The van der Waals surface area contributed by atoms with Gasteiger partial charge in [0, 0.05) is 32.2 Å². The number of nitrogens with one attached hydrogen (secondary N) is 1.